The molecule has 2 fully saturated rings. The molecule has 0 saturated heterocycles. The van der Waals surface area contributed by atoms with Crippen molar-refractivity contribution in [3.63, 3.8) is 0 Å². The molecule has 2 aliphatic rings. The van der Waals surface area contributed by atoms with Crippen LogP contribution >= 0.6 is 0 Å². The minimum atomic E-state index is -0.250. The summed E-state index contributed by atoms with van der Waals surface area (Å²) >= 11 is 0. The normalized spacial score (nSPS) is 19.7. The van der Waals surface area contributed by atoms with E-state index in [2.05, 4.69) is 26.1 Å². The van der Waals surface area contributed by atoms with Crippen LogP contribution in [0.25, 0.3) is 0 Å². The van der Waals surface area contributed by atoms with E-state index in [1.807, 2.05) is 12.1 Å². The van der Waals surface area contributed by atoms with Gasteiger partial charge in [-0.3, -0.25) is 13.2 Å². The van der Waals surface area contributed by atoms with Crippen LogP contribution in [0.2, 0.25) is 0 Å². The van der Waals surface area contributed by atoms with Crippen LogP contribution in [0.15, 0.2) is 24.3 Å². The number of halogens is 4. The average Bonchev–Trinajstić information content (AvgIpc) is 2.87. The van der Waals surface area contributed by atoms with Crippen LogP contribution in [0.3, 0.4) is 0 Å². The molecule has 1 N–H and O–H groups in total. The molecule has 34 heavy (non-hydrogen) atoms. The maximum atomic E-state index is 12.8. The maximum Gasteiger partial charge on any atom is 0.123 e. The second kappa shape index (κ2) is 25.0. The van der Waals surface area contributed by atoms with E-state index < -0.39 is 0 Å². The summed E-state index contributed by atoms with van der Waals surface area (Å²) in [6.07, 6.45) is 14.0. The van der Waals surface area contributed by atoms with E-state index in [9.17, 15) is 17.6 Å². The lowest BCUT2D eigenvalue weighted by atomic mass is 9.76. The van der Waals surface area contributed by atoms with Crippen LogP contribution in [0.1, 0.15) is 103 Å². The van der Waals surface area contributed by atoms with Gasteiger partial charge in [-0.15, -0.1) is 0 Å². The number of hydrogen-bond acceptors (Lipinski definition) is 1. The number of alkyl halides is 3. The monoisotopic (exact) mass is 491 g/mol. The van der Waals surface area contributed by atoms with Gasteiger partial charge in [0.15, 0.2) is 0 Å². The van der Waals surface area contributed by atoms with E-state index in [1.165, 1.54) is 89.8 Å². The highest BCUT2D eigenvalue weighted by atomic mass is 19.1. The van der Waals surface area contributed by atoms with Crippen LogP contribution in [0.4, 0.5) is 17.6 Å². The van der Waals surface area contributed by atoms with Crippen molar-refractivity contribution in [2.24, 2.45) is 17.8 Å². The molecule has 2 atom stereocenters. The zero-order valence-corrected chi connectivity index (χ0v) is 22.8. The summed E-state index contributed by atoms with van der Waals surface area (Å²) in [6.45, 7) is 10.6. The minimum absolute atomic E-state index is 0.128. The van der Waals surface area contributed by atoms with Gasteiger partial charge in [0.25, 0.3) is 0 Å². The summed E-state index contributed by atoms with van der Waals surface area (Å²) < 4.78 is 42.0. The first-order valence-electron chi connectivity index (χ1n) is 13.3. The maximum absolute atomic E-state index is 12.8. The molecule has 0 amide bonds. The highest BCUT2D eigenvalue weighted by molar-refractivity contribution is 5.21. The quantitative estimate of drug-likeness (QED) is 0.309. The molecule has 1 aromatic carbocycles. The molecule has 202 valence electrons. The zero-order valence-electron chi connectivity index (χ0n) is 22.8. The molecule has 0 aromatic heterocycles. The molecule has 1 unspecified atom stereocenters. The van der Waals surface area contributed by atoms with Crippen LogP contribution < -0.4 is 5.32 Å². The number of nitrogens with one attached hydrogen (secondary N) is 1. The lowest BCUT2D eigenvalue weighted by molar-refractivity contribution is 0.330. The highest BCUT2D eigenvalue weighted by Crippen LogP contribution is 2.37. The van der Waals surface area contributed by atoms with Crippen molar-refractivity contribution in [3.05, 3.63) is 35.6 Å². The molecule has 0 aliphatic heterocycles. The van der Waals surface area contributed by atoms with Crippen molar-refractivity contribution in [2.45, 2.75) is 97.8 Å². The molecule has 0 spiro atoms. The molecular formula is C29H53F4N. The first kappa shape index (κ1) is 35.1. The van der Waals surface area contributed by atoms with Crippen LogP contribution in [-0.2, 0) is 0 Å². The Balaban J connectivity index is 0. The Labute approximate surface area is 208 Å². The summed E-state index contributed by atoms with van der Waals surface area (Å²) in [5.74, 6) is 3.12. The average molecular weight is 492 g/mol. The Morgan fingerprint density at radius 3 is 1.85 bits per heavy atom. The summed E-state index contributed by atoms with van der Waals surface area (Å²) in [5, 5.41) is 3.59. The van der Waals surface area contributed by atoms with Gasteiger partial charge in [-0.05, 0) is 87.1 Å². The molecule has 0 bridgehead atoms. The molecule has 2 aliphatic carbocycles. The van der Waals surface area contributed by atoms with Gasteiger partial charge in [0.1, 0.15) is 5.82 Å². The largest absolute Gasteiger partial charge is 0.316 e. The van der Waals surface area contributed by atoms with E-state index in [0.717, 1.165) is 17.8 Å². The summed E-state index contributed by atoms with van der Waals surface area (Å²) in [7, 11) is 1.00. The second-order valence-electron chi connectivity index (χ2n) is 9.58. The van der Waals surface area contributed by atoms with Crippen molar-refractivity contribution >= 4 is 0 Å². The lowest BCUT2D eigenvalue weighted by Crippen LogP contribution is -2.25. The summed E-state index contributed by atoms with van der Waals surface area (Å²) in [4.78, 5) is 0. The molecule has 0 radical (unpaired) electrons. The Morgan fingerprint density at radius 1 is 0.853 bits per heavy atom. The van der Waals surface area contributed by atoms with Gasteiger partial charge < -0.3 is 5.32 Å². The van der Waals surface area contributed by atoms with E-state index >= 15 is 0 Å². The van der Waals surface area contributed by atoms with Crippen molar-refractivity contribution in [1.29, 1.82) is 0 Å². The zero-order chi connectivity index (χ0) is 26.2. The molecule has 1 nitrogen and oxygen atoms in total. The SMILES string of the molecule is CC(C)CCNCC1CCCCC1.CCF.CF.CF.C[C@H]1CCCCC1c1ccc(F)cc1. The summed E-state index contributed by atoms with van der Waals surface area (Å²) in [5.41, 5.74) is 1.32. The number of benzene rings is 1. The van der Waals surface area contributed by atoms with E-state index in [-0.39, 0.29) is 12.5 Å². The van der Waals surface area contributed by atoms with Gasteiger partial charge in [-0.2, -0.15) is 0 Å². The minimum Gasteiger partial charge on any atom is -0.316 e. The van der Waals surface area contributed by atoms with Crippen LogP contribution in [-0.4, -0.2) is 34.1 Å². The van der Waals surface area contributed by atoms with E-state index in [4.69, 9.17) is 0 Å². The van der Waals surface area contributed by atoms with Crippen molar-refractivity contribution < 1.29 is 17.6 Å². The first-order valence-corrected chi connectivity index (χ1v) is 13.3. The standard InChI is InChI=1S/C13H17F.C12H25N.C2H5F.2CH3F/c1-10-4-2-3-5-13(10)11-6-8-12(14)9-7-11;1-11(2)8-9-13-10-12-6-4-3-5-7-12;1-2-3;2*1-2/h6-10,13H,2-5H2,1H3;11-13H,3-10H2,1-2H3;2H2,1H3;2*1H3/t10-,13?;;;;/m0..../s1. The highest BCUT2D eigenvalue weighted by Gasteiger charge is 2.22. The van der Waals surface area contributed by atoms with Gasteiger partial charge in [0.2, 0.25) is 0 Å². The van der Waals surface area contributed by atoms with Crippen LogP contribution in [0.5, 0.6) is 0 Å². The van der Waals surface area contributed by atoms with Crippen molar-refractivity contribution in [1.82, 2.24) is 5.32 Å². The predicted molar refractivity (Wildman–Crippen MR) is 141 cm³/mol. The van der Waals surface area contributed by atoms with Crippen molar-refractivity contribution in [2.75, 3.05) is 34.1 Å². The third-order valence-electron chi connectivity index (χ3n) is 6.47. The Hall–Kier alpha value is -1.10. The fourth-order valence-corrected chi connectivity index (χ4v) is 4.61. The Morgan fingerprint density at radius 2 is 1.35 bits per heavy atom. The fraction of sp³-hybridized carbons (Fsp3) is 0.793. The van der Waals surface area contributed by atoms with Crippen molar-refractivity contribution in [3.8, 4) is 0 Å². The Bertz CT molecular complexity index is 515. The smallest absolute Gasteiger partial charge is 0.123 e. The third kappa shape index (κ3) is 18.3. The van der Waals surface area contributed by atoms with Crippen LogP contribution in [0, 0.1) is 23.6 Å². The molecule has 0 heterocycles. The van der Waals surface area contributed by atoms with Gasteiger partial charge in [-0.1, -0.05) is 71.4 Å². The third-order valence-corrected chi connectivity index (χ3v) is 6.47. The Kier molecular flexibility index (Phi) is 25.8. The van der Waals surface area contributed by atoms with E-state index in [0.29, 0.717) is 20.3 Å². The molecule has 1 aromatic rings. The first-order chi connectivity index (χ1) is 16.5. The molecule has 3 rings (SSSR count). The molecule has 5 heteroatoms. The van der Waals surface area contributed by atoms with Gasteiger partial charge in [0, 0.05) is 0 Å². The summed E-state index contributed by atoms with van der Waals surface area (Å²) in [6, 6.07) is 7.05. The fourth-order valence-electron chi connectivity index (χ4n) is 4.61. The number of hydrogen-bond donors (Lipinski definition) is 1. The second-order valence-corrected chi connectivity index (χ2v) is 9.58. The molecular weight excluding hydrogens is 438 g/mol. The topological polar surface area (TPSA) is 12.0 Å². The van der Waals surface area contributed by atoms with Gasteiger partial charge in [0.05, 0.1) is 21.0 Å². The van der Waals surface area contributed by atoms with Gasteiger partial charge in [-0.25, -0.2) is 4.39 Å². The van der Waals surface area contributed by atoms with E-state index in [1.54, 1.807) is 12.1 Å². The molecule has 2 saturated carbocycles. The van der Waals surface area contributed by atoms with Gasteiger partial charge >= 0.3 is 0 Å². The number of rotatable bonds is 6. The predicted octanol–water partition coefficient (Wildman–Crippen LogP) is 9.47. The lowest BCUT2D eigenvalue weighted by Gasteiger charge is -2.29.